The SMILES string of the molecule is O=C1NN(C(=S)Nc2ccc(Cl)c(C(F)(F)F)c2)[C@H](c2ccccc2)[C@H]1c1ccccc1. The van der Waals surface area contributed by atoms with E-state index >= 15 is 0 Å². The lowest BCUT2D eigenvalue weighted by atomic mass is 9.87. The minimum absolute atomic E-state index is 0.0566. The first-order chi connectivity index (χ1) is 15.3. The predicted molar refractivity (Wildman–Crippen MR) is 121 cm³/mol. The fourth-order valence-corrected chi connectivity index (χ4v) is 4.22. The number of thiocarbonyl (C=S) groups is 1. The quantitative estimate of drug-likeness (QED) is 0.461. The van der Waals surface area contributed by atoms with Crippen molar-refractivity contribution >= 4 is 40.5 Å². The first-order valence-corrected chi connectivity index (χ1v) is 10.4. The number of nitrogens with one attached hydrogen (secondary N) is 2. The minimum atomic E-state index is -4.61. The molecule has 3 aromatic rings. The Morgan fingerprint density at radius 1 is 0.969 bits per heavy atom. The molecule has 0 saturated carbocycles. The number of alkyl halides is 3. The number of amides is 1. The molecule has 4 rings (SSSR count). The Bertz CT molecular complexity index is 1140. The molecule has 0 unspecified atom stereocenters. The van der Waals surface area contributed by atoms with Gasteiger partial charge in [-0.2, -0.15) is 13.2 Å². The van der Waals surface area contributed by atoms with Gasteiger partial charge in [-0.15, -0.1) is 0 Å². The van der Waals surface area contributed by atoms with Crippen LogP contribution in [0.2, 0.25) is 5.02 Å². The van der Waals surface area contributed by atoms with Gasteiger partial charge in [0.1, 0.15) is 0 Å². The zero-order valence-corrected chi connectivity index (χ0v) is 18.0. The molecule has 9 heteroatoms. The van der Waals surface area contributed by atoms with Crippen LogP contribution in [0.4, 0.5) is 18.9 Å². The highest BCUT2D eigenvalue weighted by Gasteiger charge is 2.44. The first kappa shape index (κ1) is 22.1. The van der Waals surface area contributed by atoms with Crippen molar-refractivity contribution in [3.63, 3.8) is 0 Å². The maximum absolute atomic E-state index is 13.2. The van der Waals surface area contributed by atoms with E-state index in [0.717, 1.165) is 23.3 Å². The van der Waals surface area contributed by atoms with Crippen LogP contribution in [-0.4, -0.2) is 16.0 Å². The first-order valence-electron chi connectivity index (χ1n) is 9.63. The lowest BCUT2D eigenvalue weighted by Gasteiger charge is -2.29. The van der Waals surface area contributed by atoms with Gasteiger partial charge in [0.15, 0.2) is 5.11 Å². The topological polar surface area (TPSA) is 44.4 Å². The largest absolute Gasteiger partial charge is 0.417 e. The Balaban J connectivity index is 1.67. The summed E-state index contributed by atoms with van der Waals surface area (Å²) in [5.74, 6) is -0.824. The Hall–Kier alpha value is -3.10. The maximum atomic E-state index is 13.2. The van der Waals surface area contributed by atoms with Crippen LogP contribution in [0.15, 0.2) is 78.9 Å². The molecule has 1 saturated heterocycles. The number of hydrogen-bond donors (Lipinski definition) is 2. The van der Waals surface area contributed by atoms with Gasteiger partial charge in [-0.1, -0.05) is 72.3 Å². The fourth-order valence-electron chi connectivity index (χ4n) is 3.72. The number of hydrazine groups is 1. The van der Waals surface area contributed by atoms with Gasteiger partial charge in [0.2, 0.25) is 5.91 Å². The van der Waals surface area contributed by atoms with Crippen LogP contribution < -0.4 is 10.7 Å². The Morgan fingerprint density at radius 3 is 2.16 bits per heavy atom. The van der Waals surface area contributed by atoms with Gasteiger partial charge in [-0.25, -0.2) is 0 Å². The minimum Gasteiger partial charge on any atom is -0.331 e. The molecule has 1 heterocycles. The van der Waals surface area contributed by atoms with E-state index in [4.69, 9.17) is 23.8 Å². The summed E-state index contributed by atoms with van der Waals surface area (Å²) in [4.78, 5) is 12.9. The van der Waals surface area contributed by atoms with E-state index in [1.165, 1.54) is 11.1 Å². The number of halogens is 4. The number of benzene rings is 3. The van der Waals surface area contributed by atoms with Crippen LogP contribution in [0.5, 0.6) is 0 Å². The zero-order valence-electron chi connectivity index (χ0n) is 16.4. The summed E-state index contributed by atoms with van der Waals surface area (Å²) in [6.07, 6.45) is -4.61. The predicted octanol–water partition coefficient (Wildman–Crippen LogP) is 5.93. The molecule has 164 valence electrons. The monoisotopic (exact) mass is 475 g/mol. The molecule has 0 aromatic heterocycles. The summed E-state index contributed by atoms with van der Waals surface area (Å²) >= 11 is 11.2. The number of anilines is 1. The third-order valence-corrected chi connectivity index (χ3v) is 5.78. The highest BCUT2D eigenvalue weighted by molar-refractivity contribution is 7.80. The summed E-state index contributed by atoms with van der Waals surface area (Å²) in [7, 11) is 0. The van der Waals surface area contributed by atoms with Gasteiger partial charge in [0.05, 0.1) is 22.5 Å². The van der Waals surface area contributed by atoms with E-state index in [9.17, 15) is 18.0 Å². The molecule has 2 N–H and O–H groups in total. The van der Waals surface area contributed by atoms with E-state index in [0.29, 0.717) is 0 Å². The number of carbonyl (C=O) groups excluding carboxylic acids is 1. The van der Waals surface area contributed by atoms with Crippen LogP contribution in [0.3, 0.4) is 0 Å². The summed E-state index contributed by atoms with van der Waals surface area (Å²) in [6.45, 7) is 0. The molecular weight excluding hydrogens is 459 g/mol. The third kappa shape index (κ3) is 4.42. The molecule has 0 aliphatic carbocycles. The number of hydrogen-bond acceptors (Lipinski definition) is 2. The third-order valence-electron chi connectivity index (χ3n) is 5.15. The van der Waals surface area contributed by atoms with E-state index in [1.54, 1.807) is 0 Å². The summed E-state index contributed by atoms with van der Waals surface area (Å²) in [5, 5.41) is 3.93. The summed E-state index contributed by atoms with van der Waals surface area (Å²) in [6, 6.07) is 21.5. The lowest BCUT2D eigenvalue weighted by Crippen LogP contribution is -2.42. The van der Waals surface area contributed by atoms with Gasteiger partial charge in [0.25, 0.3) is 0 Å². The van der Waals surface area contributed by atoms with Crippen LogP contribution in [0.25, 0.3) is 0 Å². The van der Waals surface area contributed by atoms with Crippen molar-refractivity contribution in [2.24, 2.45) is 0 Å². The molecule has 0 bridgehead atoms. The molecular formula is C23H17ClF3N3OS. The van der Waals surface area contributed by atoms with Gasteiger partial charge in [-0.3, -0.25) is 15.2 Å². The van der Waals surface area contributed by atoms with Crippen LogP contribution >= 0.6 is 23.8 Å². The number of nitrogens with zero attached hydrogens (tertiary/aromatic N) is 1. The molecule has 1 aliphatic heterocycles. The zero-order chi connectivity index (χ0) is 22.9. The molecule has 2 atom stereocenters. The highest BCUT2D eigenvalue weighted by atomic mass is 35.5. The molecule has 3 aromatic carbocycles. The Labute approximate surface area is 193 Å². The number of rotatable bonds is 3. The van der Waals surface area contributed by atoms with E-state index in [1.807, 2.05) is 60.7 Å². The molecule has 32 heavy (non-hydrogen) atoms. The average Bonchev–Trinajstić information content (AvgIpc) is 3.13. The lowest BCUT2D eigenvalue weighted by molar-refractivity contribution is -0.137. The maximum Gasteiger partial charge on any atom is 0.417 e. The van der Waals surface area contributed by atoms with Crippen molar-refractivity contribution in [2.75, 3.05) is 5.32 Å². The fraction of sp³-hybridized carbons (Fsp3) is 0.130. The van der Waals surface area contributed by atoms with Crippen LogP contribution in [0.1, 0.15) is 28.7 Å². The van der Waals surface area contributed by atoms with Gasteiger partial charge in [-0.05, 0) is 41.5 Å². The van der Waals surface area contributed by atoms with Gasteiger partial charge in [0, 0.05) is 5.69 Å². The molecule has 1 fully saturated rings. The molecule has 1 amide bonds. The molecule has 1 aliphatic rings. The Kier molecular flexibility index (Phi) is 6.08. The second kappa shape index (κ2) is 8.80. The smallest absolute Gasteiger partial charge is 0.331 e. The highest BCUT2D eigenvalue weighted by Crippen LogP contribution is 2.40. The van der Waals surface area contributed by atoms with Crippen molar-refractivity contribution in [1.29, 1.82) is 0 Å². The normalized spacial score (nSPS) is 18.4. The van der Waals surface area contributed by atoms with E-state index < -0.39 is 28.7 Å². The van der Waals surface area contributed by atoms with Gasteiger partial charge < -0.3 is 5.32 Å². The van der Waals surface area contributed by atoms with Gasteiger partial charge >= 0.3 is 6.18 Å². The Morgan fingerprint density at radius 2 is 1.56 bits per heavy atom. The van der Waals surface area contributed by atoms with Crippen LogP contribution in [-0.2, 0) is 11.0 Å². The van der Waals surface area contributed by atoms with Crippen LogP contribution in [0, 0.1) is 0 Å². The molecule has 4 nitrogen and oxygen atoms in total. The van der Waals surface area contributed by atoms with Crippen molar-refractivity contribution in [3.8, 4) is 0 Å². The van der Waals surface area contributed by atoms with E-state index in [-0.39, 0.29) is 16.7 Å². The standard InChI is InChI=1S/C23H17ClF3N3OS/c24-18-12-11-16(13-17(18)23(25,26)27)28-22(32)30-20(15-9-5-2-6-10-15)19(21(31)29-30)14-7-3-1-4-8-14/h1-13,19-20H,(H,28,32)(H,29,31)/t19-,20-/m1/s1. The second-order valence-corrected chi connectivity index (χ2v) is 8.01. The van der Waals surface area contributed by atoms with Crippen molar-refractivity contribution in [3.05, 3.63) is 101 Å². The number of carbonyl (C=O) groups is 1. The van der Waals surface area contributed by atoms with Crippen molar-refractivity contribution < 1.29 is 18.0 Å². The average molecular weight is 476 g/mol. The summed E-state index contributed by atoms with van der Waals surface area (Å²) in [5.41, 5.74) is 3.53. The summed E-state index contributed by atoms with van der Waals surface area (Å²) < 4.78 is 39.7. The van der Waals surface area contributed by atoms with Crippen molar-refractivity contribution in [2.45, 2.75) is 18.1 Å². The molecule has 0 radical (unpaired) electrons. The van der Waals surface area contributed by atoms with Crippen molar-refractivity contribution in [1.82, 2.24) is 10.4 Å². The second-order valence-electron chi connectivity index (χ2n) is 7.21. The van der Waals surface area contributed by atoms with E-state index in [2.05, 4.69) is 10.7 Å². The molecule has 0 spiro atoms.